The van der Waals surface area contributed by atoms with Gasteiger partial charge in [0.2, 0.25) is 0 Å². The van der Waals surface area contributed by atoms with Gasteiger partial charge in [-0.15, -0.1) is 0 Å². The van der Waals surface area contributed by atoms with Gasteiger partial charge in [-0.25, -0.2) is 9.97 Å². The molecule has 0 bridgehead atoms. The van der Waals surface area contributed by atoms with Crippen molar-refractivity contribution in [3.8, 4) is 0 Å². The van der Waals surface area contributed by atoms with E-state index in [9.17, 15) is 0 Å². The Morgan fingerprint density at radius 1 is 1.29 bits per heavy atom. The lowest BCUT2D eigenvalue weighted by Gasteiger charge is -2.20. The zero-order valence-corrected chi connectivity index (χ0v) is 10.3. The summed E-state index contributed by atoms with van der Waals surface area (Å²) in [6.07, 6.45) is 3.32. The van der Waals surface area contributed by atoms with Crippen molar-refractivity contribution < 1.29 is 0 Å². The number of hydrogen-bond donors (Lipinski definition) is 0. The number of rotatable bonds is 4. The molecule has 0 unspecified atom stereocenters. The minimum Gasteiger partial charge on any atom is -0.357 e. The van der Waals surface area contributed by atoms with Gasteiger partial charge in [0, 0.05) is 26.3 Å². The van der Waals surface area contributed by atoms with E-state index in [1.807, 2.05) is 7.05 Å². The Labute approximate surface area is 93.1 Å². The Kier molecular flexibility index (Phi) is 4.28. The molecule has 1 aromatic rings. The maximum absolute atomic E-state index is 4.21. The van der Waals surface area contributed by atoms with E-state index in [2.05, 4.69) is 49.8 Å². The molecule has 0 atom stereocenters. The van der Waals surface area contributed by atoms with Crippen LogP contribution >= 0.6 is 15.9 Å². The fraction of sp³-hybridized carbons (Fsp3) is 0.556. The van der Waals surface area contributed by atoms with Crippen LogP contribution in [0.15, 0.2) is 17.0 Å². The van der Waals surface area contributed by atoms with Crippen LogP contribution in [0.5, 0.6) is 0 Å². The van der Waals surface area contributed by atoms with E-state index in [-0.39, 0.29) is 0 Å². The van der Waals surface area contributed by atoms with Crippen LogP contribution in [0.25, 0.3) is 0 Å². The third kappa shape index (κ3) is 3.23. The number of likely N-dealkylation sites (N-methyl/N-ethyl adjacent to an activating group) is 2. The van der Waals surface area contributed by atoms with Gasteiger partial charge >= 0.3 is 0 Å². The molecule has 1 rings (SSSR count). The topological polar surface area (TPSA) is 32.3 Å². The second-order valence-electron chi connectivity index (χ2n) is 3.42. The van der Waals surface area contributed by atoms with Gasteiger partial charge in [0.1, 0.15) is 12.1 Å². The standard InChI is InChI=1S/C9H15BrN4/c1-13(2)4-5-14(3)9-8(10)6-11-7-12-9/h6-7H,4-5H2,1-3H3. The highest BCUT2D eigenvalue weighted by atomic mass is 79.9. The maximum Gasteiger partial charge on any atom is 0.146 e. The van der Waals surface area contributed by atoms with Gasteiger partial charge in [-0.3, -0.25) is 0 Å². The molecule has 0 aliphatic rings. The number of hydrogen-bond acceptors (Lipinski definition) is 4. The zero-order chi connectivity index (χ0) is 10.6. The molecule has 14 heavy (non-hydrogen) atoms. The summed E-state index contributed by atoms with van der Waals surface area (Å²) in [7, 11) is 6.14. The molecule has 1 heterocycles. The lowest BCUT2D eigenvalue weighted by atomic mass is 10.4. The van der Waals surface area contributed by atoms with Crippen molar-refractivity contribution in [3.05, 3.63) is 17.0 Å². The van der Waals surface area contributed by atoms with Crippen LogP contribution in [0.2, 0.25) is 0 Å². The number of nitrogens with zero attached hydrogens (tertiary/aromatic N) is 4. The summed E-state index contributed by atoms with van der Waals surface area (Å²) >= 11 is 3.42. The average Bonchev–Trinajstić information content (AvgIpc) is 2.15. The lowest BCUT2D eigenvalue weighted by molar-refractivity contribution is 0.416. The molecule has 0 radical (unpaired) electrons. The molecule has 5 heteroatoms. The molecule has 0 aromatic carbocycles. The molecule has 1 aromatic heterocycles. The second kappa shape index (κ2) is 5.26. The van der Waals surface area contributed by atoms with E-state index in [1.54, 1.807) is 12.5 Å². The summed E-state index contributed by atoms with van der Waals surface area (Å²) < 4.78 is 0.932. The van der Waals surface area contributed by atoms with Gasteiger partial charge in [0.25, 0.3) is 0 Å². The number of anilines is 1. The quantitative estimate of drug-likeness (QED) is 0.814. The smallest absolute Gasteiger partial charge is 0.146 e. The first kappa shape index (κ1) is 11.4. The highest BCUT2D eigenvalue weighted by molar-refractivity contribution is 9.10. The molecule has 0 saturated carbocycles. The summed E-state index contributed by atoms with van der Waals surface area (Å²) in [4.78, 5) is 12.4. The van der Waals surface area contributed by atoms with Gasteiger partial charge in [-0.05, 0) is 30.0 Å². The zero-order valence-electron chi connectivity index (χ0n) is 8.74. The molecule has 0 amide bonds. The lowest BCUT2D eigenvalue weighted by Crippen LogP contribution is -2.29. The maximum atomic E-state index is 4.21. The Morgan fingerprint density at radius 2 is 2.00 bits per heavy atom. The monoisotopic (exact) mass is 258 g/mol. The normalized spacial score (nSPS) is 10.6. The van der Waals surface area contributed by atoms with Crippen molar-refractivity contribution in [3.63, 3.8) is 0 Å². The van der Waals surface area contributed by atoms with Crippen LogP contribution < -0.4 is 4.90 Å². The summed E-state index contributed by atoms with van der Waals surface area (Å²) in [5, 5.41) is 0. The Morgan fingerprint density at radius 3 is 2.57 bits per heavy atom. The molecule has 0 saturated heterocycles. The molecule has 0 fully saturated rings. The predicted octanol–water partition coefficient (Wildman–Crippen LogP) is 1.24. The fourth-order valence-corrected chi connectivity index (χ4v) is 1.57. The first-order chi connectivity index (χ1) is 6.61. The van der Waals surface area contributed by atoms with Gasteiger partial charge in [0.05, 0.1) is 4.47 Å². The third-order valence-corrected chi connectivity index (χ3v) is 2.45. The summed E-state index contributed by atoms with van der Waals surface area (Å²) in [6, 6.07) is 0. The second-order valence-corrected chi connectivity index (χ2v) is 4.27. The van der Waals surface area contributed by atoms with Gasteiger partial charge < -0.3 is 9.80 Å². The molecule has 78 valence electrons. The van der Waals surface area contributed by atoms with Crippen LogP contribution in [0.1, 0.15) is 0 Å². The van der Waals surface area contributed by atoms with E-state index < -0.39 is 0 Å². The van der Waals surface area contributed by atoms with Crippen molar-refractivity contribution >= 4 is 21.7 Å². The molecule has 0 aliphatic heterocycles. The summed E-state index contributed by atoms with van der Waals surface area (Å²) in [6.45, 7) is 1.95. The van der Waals surface area contributed by atoms with Crippen molar-refractivity contribution in [1.29, 1.82) is 0 Å². The van der Waals surface area contributed by atoms with Gasteiger partial charge in [0.15, 0.2) is 0 Å². The molecule has 4 nitrogen and oxygen atoms in total. The summed E-state index contributed by atoms with van der Waals surface area (Å²) in [5.74, 6) is 0.932. The molecule has 0 spiro atoms. The fourth-order valence-electron chi connectivity index (χ4n) is 1.04. The van der Waals surface area contributed by atoms with Crippen LogP contribution in [-0.4, -0.2) is 49.1 Å². The van der Waals surface area contributed by atoms with Crippen molar-refractivity contribution in [1.82, 2.24) is 14.9 Å². The van der Waals surface area contributed by atoms with E-state index in [1.165, 1.54) is 0 Å². The van der Waals surface area contributed by atoms with E-state index in [0.717, 1.165) is 23.4 Å². The first-order valence-corrected chi connectivity index (χ1v) is 5.22. The molecule has 0 aliphatic carbocycles. The Bertz CT molecular complexity index is 290. The van der Waals surface area contributed by atoms with Crippen LogP contribution in [0.4, 0.5) is 5.82 Å². The highest BCUT2D eigenvalue weighted by Crippen LogP contribution is 2.20. The minimum absolute atomic E-state index is 0.932. The average molecular weight is 259 g/mol. The predicted molar refractivity (Wildman–Crippen MR) is 61.6 cm³/mol. The minimum atomic E-state index is 0.932. The molecule has 0 N–H and O–H groups in total. The van der Waals surface area contributed by atoms with Crippen molar-refractivity contribution in [2.75, 3.05) is 39.1 Å². The third-order valence-electron chi connectivity index (χ3n) is 1.89. The van der Waals surface area contributed by atoms with Crippen molar-refractivity contribution in [2.24, 2.45) is 0 Å². The Hall–Kier alpha value is -0.680. The highest BCUT2D eigenvalue weighted by Gasteiger charge is 2.06. The van der Waals surface area contributed by atoms with Crippen LogP contribution in [-0.2, 0) is 0 Å². The van der Waals surface area contributed by atoms with E-state index in [0.29, 0.717) is 0 Å². The van der Waals surface area contributed by atoms with Crippen LogP contribution in [0, 0.1) is 0 Å². The van der Waals surface area contributed by atoms with E-state index >= 15 is 0 Å². The Balaban J connectivity index is 2.60. The van der Waals surface area contributed by atoms with Gasteiger partial charge in [-0.1, -0.05) is 0 Å². The largest absolute Gasteiger partial charge is 0.357 e. The van der Waals surface area contributed by atoms with Gasteiger partial charge in [-0.2, -0.15) is 0 Å². The molecular weight excluding hydrogens is 244 g/mol. The number of aromatic nitrogens is 2. The van der Waals surface area contributed by atoms with Crippen LogP contribution in [0.3, 0.4) is 0 Å². The SMILES string of the molecule is CN(C)CCN(C)c1ncncc1Br. The number of halogens is 1. The summed E-state index contributed by atoms with van der Waals surface area (Å²) in [5.41, 5.74) is 0. The van der Waals surface area contributed by atoms with Crippen molar-refractivity contribution in [2.45, 2.75) is 0 Å². The molecular formula is C9H15BrN4. The van der Waals surface area contributed by atoms with E-state index in [4.69, 9.17) is 0 Å². The first-order valence-electron chi connectivity index (χ1n) is 4.42.